The van der Waals surface area contributed by atoms with Crippen LogP contribution in [0.3, 0.4) is 0 Å². The molecule has 1 N–H and O–H groups in total. The smallest absolute Gasteiger partial charge is 0.258 e. The average Bonchev–Trinajstić information content (AvgIpc) is 2.65. The molecule has 0 bridgehead atoms. The van der Waals surface area contributed by atoms with Crippen molar-refractivity contribution in [3.05, 3.63) is 45.9 Å². The molecule has 7 nitrogen and oxygen atoms in total. The number of nitrogens with zero attached hydrogens (tertiary/aromatic N) is 2. The number of halogens is 2. The van der Waals surface area contributed by atoms with Crippen LogP contribution in [0.15, 0.2) is 40.6 Å². The van der Waals surface area contributed by atoms with E-state index in [1.807, 2.05) is 13.0 Å². The minimum absolute atomic E-state index is 0.135. The molecule has 0 saturated carbocycles. The molecule has 0 spiro atoms. The number of ketones is 1. The van der Waals surface area contributed by atoms with Gasteiger partial charge < -0.3 is 14.8 Å². The summed E-state index contributed by atoms with van der Waals surface area (Å²) in [4.78, 5) is 24.6. The Balaban J connectivity index is 2.33. The maximum atomic E-state index is 12.7. The van der Waals surface area contributed by atoms with Crippen LogP contribution in [0, 0.1) is 6.92 Å². The van der Waals surface area contributed by atoms with Crippen molar-refractivity contribution in [3.63, 3.8) is 0 Å². The highest BCUT2D eigenvalue weighted by Gasteiger charge is 2.26. The second kappa shape index (κ2) is 9.52. The van der Waals surface area contributed by atoms with Crippen molar-refractivity contribution in [1.29, 1.82) is 0 Å². The molecule has 1 unspecified atom stereocenters. The number of carbonyl (C=O) groups is 2. The van der Waals surface area contributed by atoms with Crippen LogP contribution in [0.2, 0.25) is 10.0 Å². The lowest BCUT2D eigenvalue weighted by Crippen LogP contribution is -2.32. The second-order valence-corrected chi connectivity index (χ2v) is 6.62. The summed E-state index contributed by atoms with van der Waals surface area (Å²) in [6, 6.07) is 6.96. The van der Waals surface area contributed by atoms with E-state index in [0.717, 1.165) is 5.56 Å². The fourth-order valence-electron chi connectivity index (χ4n) is 2.31. The zero-order valence-corrected chi connectivity index (χ0v) is 17.3. The number of carbonyl (C=O) groups excluding carboxylic acids is 2. The van der Waals surface area contributed by atoms with Gasteiger partial charge in [0, 0.05) is 0 Å². The van der Waals surface area contributed by atoms with E-state index in [1.54, 1.807) is 24.3 Å². The molecule has 0 aliphatic carbocycles. The van der Waals surface area contributed by atoms with Gasteiger partial charge in [0.2, 0.25) is 6.04 Å². The summed E-state index contributed by atoms with van der Waals surface area (Å²) in [7, 11) is 2.87. The molecule has 2 rings (SSSR count). The normalized spacial score (nSPS) is 11.9. The maximum Gasteiger partial charge on any atom is 0.258 e. The Morgan fingerprint density at radius 3 is 2.32 bits per heavy atom. The van der Waals surface area contributed by atoms with Gasteiger partial charge in [-0.2, -0.15) is 10.2 Å². The topological polar surface area (TPSA) is 89.3 Å². The molecule has 1 amide bonds. The summed E-state index contributed by atoms with van der Waals surface area (Å²) in [5, 5.41) is 10.9. The van der Waals surface area contributed by atoms with Crippen LogP contribution < -0.4 is 14.8 Å². The fraction of sp³-hybridized carbons (Fsp3) is 0.263. The quantitative estimate of drug-likeness (QED) is 0.501. The molecule has 0 heterocycles. The van der Waals surface area contributed by atoms with Crippen LogP contribution in [-0.2, 0) is 9.59 Å². The molecular weight excluding hydrogens is 405 g/mol. The Labute approximate surface area is 172 Å². The minimum Gasteiger partial charge on any atom is -0.495 e. The zero-order chi connectivity index (χ0) is 20.8. The van der Waals surface area contributed by atoms with Gasteiger partial charge in [0.1, 0.15) is 27.9 Å². The third kappa shape index (κ3) is 4.99. The number of anilines is 1. The summed E-state index contributed by atoms with van der Waals surface area (Å²) in [6.07, 6.45) is 0. The number of azo groups is 1. The van der Waals surface area contributed by atoms with Crippen molar-refractivity contribution >= 4 is 46.3 Å². The number of methoxy groups -OCH3 is 2. The van der Waals surface area contributed by atoms with E-state index in [4.69, 9.17) is 32.7 Å². The first-order chi connectivity index (χ1) is 13.3. The largest absolute Gasteiger partial charge is 0.495 e. The number of ether oxygens (including phenoxy) is 2. The molecule has 0 aromatic heterocycles. The molecule has 1 atom stereocenters. The monoisotopic (exact) mass is 423 g/mol. The molecule has 148 valence electrons. The number of aryl methyl sites for hydroxylation is 1. The van der Waals surface area contributed by atoms with Crippen molar-refractivity contribution in [1.82, 2.24) is 0 Å². The summed E-state index contributed by atoms with van der Waals surface area (Å²) < 4.78 is 10.4. The maximum absolute atomic E-state index is 12.7. The van der Waals surface area contributed by atoms with Crippen LogP contribution in [0.5, 0.6) is 11.5 Å². The lowest BCUT2D eigenvalue weighted by molar-refractivity contribution is -0.126. The van der Waals surface area contributed by atoms with Gasteiger partial charge in [-0.15, -0.1) is 0 Å². The van der Waals surface area contributed by atoms with Crippen molar-refractivity contribution in [2.24, 2.45) is 10.2 Å². The first-order valence-corrected chi connectivity index (χ1v) is 8.92. The summed E-state index contributed by atoms with van der Waals surface area (Å²) in [5.41, 5.74) is 1.44. The predicted octanol–water partition coefficient (Wildman–Crippen LogP) is 5.00. The Morgan fingerprint density at radius 1 is 1.07 bits per heavy atom. The molecule has 28 heavy (non-hydrogen) atoms. The van der Waals surface area contributed by atoms with Crippen molar-refractivity contribution in [2.45, 2.75) is 19.9 Å². The number of Topliss-reactive ketones (excluding diaryl/α,β-unsaturated/α-hetero) is 1. The lowest BCUT2D eigenvalue weighted by Gasteiger charge is -2.15. The van der Waals surface area contributed by atoms with Gasteiger partial charge in [-0.25, -0.2) is 0 Å². The van der Waals surface area contributed by atoms with E-state index in [-0.39, 0.29) is 10.7 Å². The third-order valence-corrected chi connectivity index (χ3v) is 4.47. The van der Waals surface area contributed by atoms with Gasteiger partial charge in [-0.1, -0.05) is 29.3 Å². The molecule has 0 radical (unpaired) electrons. The highest BCUT2D eigenvalue weighted by molar-refractivity contribution is 6.36. The van der Waals surface area contributed by atoms with E-state index in [0.29, 0.717) is 22.2 Å². The Morgan fingerprint density at radius 2 is 1.71 bits per heavy atom. The van der Waals surface area contributed by atoms with Crippen LogP contribution in [0.4, 0.5) is 11.4 Å². The van der Waals surface area contributed by atoms with Gasteiger partial charge in [0.15, 0.2) is 5.78 Å². The van der Waals surface area contributed by atoms with E-state index in [9.17, 15) is 9.59 Å². The molecule has 0 aliphatic heterocycles. The van der Waals surface area contributed by atoms with Gasteiger partial charge in [-0.3, -0.25) is 9.59 Å². The van der Waals surface area contributed by atoms with Crippen molar-refractivity contribution in [3.8, 4) is 11.5 Å². The third-order valence-electron chi connectivity index (χ3n) is 3.77. The number of rotatable bonds is 7. The molecule has 0 saturated heterocycles. The summed E-state index contributed by atoms with van der Waals surface area (Å²) in [6.45, 7) is 3.10. The Hall–Kier alpha value is -2.64. The zero-order valence-electron chi connectivity index (χ0n) is 15.7. The lowest BCUT2D eigenvalue weighted by atomic mass is 10.2. The van der Waals surface area contributed by atoms with Gasteiger partial charge in [-0.05, 0) is 43.7 Å². The number of hydrogen-bond acceptors (Lipinski definition) is 6. The van der Waals surface area contributed by atoms with Gasteiger partial charge >= 0.3 is 0 Å². The first kappa shape index (κ1) is 21.7. The van der Waals surface area contributed by atoms with Crippen molar-refractivity contribution < 1.29 is 19.1 Å². The minimum atomic E-state index is -1.39. The molecule has 9 heteroatoms. The molecule has 2 aromatic rings. The van der Waals surface area contributed by atoms with Crippen LogP contribution >= 0.6 is 23.2 Å². The second-order valence-electron chi connectivity index (χ2n) is 5.83. The Bertz CT molecular complexity index is 932. The summed E-state index contributed by atoms with van der Waals surface area (Å²) >= 11 is 12.3. The standard InChI is InChI=1S/C19H19Cl2N3O4/c1-10-5-6-12(20)13(9-10)23-24-17(11(2)25)19(26)22-18-15(28-4)8-7-14(27-3)16(18)21/h5-9,17H,1-4H3,(H,22,26). The summed E-state index contributed by atoms with van der Waals surface area (Å²) in [5.74, 6) is -0.568. The van der Waals surface area contributed by atoms with Crippen molar-refractivity contribution in [2.75, 3.05) is 19.5 Å². The number of benzene rings is 2. The highest BCUT2D eigenvalue weighted by Crippen LogP contribution is 2.39. The first-order valence-electron chi connectivity index (χ1n) is 8.17. The number of amides is 1. The van der Waals surface area contributed by atoms with Gasteiger partial charge in [0.05, 0.1) is 19.2 Å². The molecule has 2 aromatic carbocycles. The van der Waals surface area contributed by atoms with Crippen LogP contribution in [-0.4, -0.2) is 32.0 Å². The van der Waals surface area contributed by atoms with E-state index in [2.05, 4.69) is 15.5 Å². The SMILES string of the molecule is COc1ccc(OC)c(NC(=O)C(N=Nc2cc(C)ccc2Cl)C(C)=O)c1Cl. The molecule has 0 fully saturated rings. The van der Waals surface area contributed by atoms with E-state index in [1.165, 1.54) is 21.1 Å². The predicted molar refractivity (Wildman–Crippen MR) is 108 cm³/mol. The van der Waals surface area contributed by atoms with E-state index >= 15 is 0 Å². The Kier molecular flexibility index (Phi) is 7.37. The van der Waals surface area contributed by atoms with Crippen LogP contribution in [0.25, 0.3) is 0 Å². The molecule has 0 aliphatic rings. The van der Waals surface area contributed by atoms with E-state index < -0.39 is 17.7 Å². The molecular formula is C19H19Cl2N3O4. The average molecular weight is 424 g/mol. The van der Waals surface area contributed by atoms with Crippen LogP contribution in [0.1, 0.15) is 12.5 Å². The highest BCUT2D eigenvalue weighted by atomic mass is 35.5. The fourth-order valence-corrected chi connectivity index (χ4v) is 2.75. The number of nitrogens with one attached hydrogen (secondary N) is 1. The number of hydrogen-bond donors (Lipinski definition) is 1. The van der Waals surface area contributed by atoms with Gasteiger partial charge in [0.25, 0.3) is 5.91 Å².